The van der Waals surface area contributed by atoms with E-state index in [9.17, 15) is 8.78 Å². The van der Waals surface area contributed by atoms with Crippen molar-refractivity contribution in [2.75, 3.05) is 65.4 Å². The van der Waals surface area contributed by atoms with Crippen molar-refractivity contribution >= 4 is 0 Å². The van der Waals surface area contributed by atoms with Gasteiger partial charge >= 0.3 is 0 Å². The molecule has 0 aliphatic carbocycles. The molecule has 242 valence electrons. The number of piperazine rings is 2. The van der Waals surface area contributed by atoms with Gasteiger partial charge in [0.1, 0.15) is 77.1 Å². The van der Waals surface area contributed by atoms with E-state index in [1.54, 1.807) is 24.3 Å². The summed E-state index contributed by atoms with van der Waals surface area (Å²) in [6.07, 6.45) is 10.7. The molecule has 2 aromatic carbocycles. The van der Waals surface area contributed by atoms with E-state index < -0.39 is 0 Å². The maximum Gasteiger partial charge on any atom is 0.129 e. The summed E-state index contributed by atoms with van der Waals surface area (Å²) in [7, 11) is 0. The minimum Gasteiger partial charge on any atom is -1.00 e. The molecule has 0 unspecified atom stereocenters. The van der Waals surface area contributed by atoms with Crippen LogP contribution in [0.4, 0.5) is 8.78 Å². The summed E-state index contributed by atoms with van der Waals surface area (Å²) in [6, 6.07) is 14.3. The van der Waals surface area contributed by atoms with Crippen LogP contribution in [0, 0.1) is 11.6 Å². The van der Waals surface area contributed by atoms with Gasteiger partial charge in [-0.05, 0) is 49.9 Å². The summed E-state index contributed by atoms with van der Waals surface area (Å²) in [5, 5.41) is 4.88. The lowest BCUT2D eigenvalue weighted by Crippen LogP contribution is -3.00. The fourth-order valence-electron chi connectivity index (χ4n) is 6.80. The zero-order chi connectivity index (χ0) is 26.5. The van der Waals surface area contributed by atoms with Crippen molar-refractivity contribution in [3.05, 3.63) is 71.3 Å². The third kappa shape index (κ3) is 14.2. The molecule has 0 spiro atoms. The summed E-state index contributed by atoms with van der Waals surface area (Å²) >= 11 is 0. The topological polar surface area (TPSA) is 33.2 Å². The van der Waals surface area contributed by atoms with Crippen LogP contribution < -0.4 is 69.4 Å². The Balaban J connectivity index is 0.00000420. The Labute approximate surface area is 286 Å². The normalized spacial score (nSPS) is 17.1. The lowest BCUT2D eigenvalue weighted by molar-refractivity contribution is -0.978. The van der Waals surface area contributed by atoms with Gasteiger partial charge in [-0.3, -0.25) is 0 Å². The van der Waals surface area contributed by atoms with E-state index >= 15 is 0 Å². The molecule has 2 aliphatic heterocycles. The molecule has 2 heterocycles. The van der Waals surface area contributed by atoms with Crippen molar-refractivity contribution < 1.29 is 87.2 Å². The Morgan fingerprint density at radius 2 is 0.762 bits per heavy atom. The molecule has 0 bridgehead atoms. The largest absolute Gasteiger partial charge is 1.00 e. The van der Waals surface area contributed by atoms with E-state index in [-0.39, 0.29) is 70.4 Å². The molecular weight excluding hydrogens is 709 g/mol. The Kier molecular flexibility index (Phi) is 22.1. The van der Waals surface area contributed by atoms with E-state index in [1.807, 2.05) is 24.3 Å². The average molecular weight is 762 g/mol. The first kappa shape index (κ1) is 41.7. The zero-order valence-corrected chi connectivity index (χ0v) is 29.8. The highest BCUT2D eigenvalue weighted by atomic mass is 79.9. The first-order chi connectivity index (χ1) is 18.6. The Morgan fingerprint density at radius 1 is 0.476 bits per heavy atom. The lowest BCUT2D eigenvalue weighted by Gasteiger charge is -2.40. The fraction of sp³-hybridized carbons (Fsp3) is 0.625. The number of hydrogen-bond acceptors (Lipinski definition) is 0. The van der Waals surface area contributed by atoms with Crippen LogP contribution in [-0.4, -0.2) is 74.4 Å². The van der Waals surface area contributed by atoms with Crippen LogP contribution in [0.25, 0.3) is 0 Å². The fourth-order valence-corrected chi connectivity index (χ4v) is 6.80. The molecular formula is C32H52Br2Cl2F2N4. The van der Waals surface area contributed by atoms with Gasteiger partial charge in [0.15, 0.2) is 0 Å². The van der Waals surface area contributed by atoms with Crippen molar-refractivity contribution in [3.8, 4) is 0 Å². The van der Waals surface area contributed by atoms with Gasteiger partial charge in [0, 0.05) is 11.1 Å². The first-order valence-corrected chi connectivity index (χ1v) is 15.4. The second-order valence-corrected chi connectivity index (χ2v) is 12.2. The molecule has 4 rings (SSSR count). The van der Waals surface area contributed by atoms with E-state index in [2.05, 4.69) is 10.6 Å². The molecule has 10 heteroatoms. The van der Waals surface area contributed by atoms with Gasteiger partial charge in [-0.25, -0.2) is 8.78 Å². The molecule has 0 atom stereocenters. The smallest absolute Gasteiger partial charge is 0.129 e. The van der Waals surface area contributed by atoms with Crippen molar-refractivity contribution in [3.63, 3.8) is 0 Å². The zero-order valence-electron chi connectivity index (χ0n) is 25.1. The van der Waals surface area contributed by atoms with Gasteiger partial charge in [0.25, 0.3) is 0 Å². The third-order valence-corrected chi connectivity index (χ3v) is 9.11. The SMILES string of the molecule is Fc1ccc(C[N+]2(CCCCCCCCCC[N+]3(Cc4ccc(F)cc4)CC[NH2+]CC3)CC[NH2+]CC2)cc1.[Br-].[Br-].[Cl-].[Cl-]. The van der Waals surface area contributed by atoms with Crippen LogP contribution in [0.1, 0.15) is 62.5 Å². The van der Waals surface area contributed by atoms with Gasteiger partial charge in [-0.15, -0.1) is 0 Å². The average Bonchev–Trinajstić information content (AvgIpc) is 2.93. The highest BCUT2D eigenvalue weighted by Crippen LogP contribution is 2.20. The Morgan fingerprint density at radius 3 is 1.07 bits per heavy atom. The van der Waals surface area contributed by atoms with Crippen LogP contribution >= 0.6 is 0 Å². The quantitative estimate of drug-likeness (QED) is 0.134. The summed E-state index contributed by atoms with van der Waals surface area (Å²) < 4.78 is 29.1. The number of benzene rings is 2. The second-order valence-electron chi connectivity index (χ2n) is 12.2. The van der Waals surface area contributed by atoms with Crippen LogP contribution in [0.2, 0.25) is 0 Å². The molecule has 42 heavy (non-hydrogen) atoms. The number of halogens is 6. The molecule has 0 saturated carbocycles. The number of nitrogens with two attached hydrogens (primary N) is 2. The minimum atomic E-state index is -0.136. The number of unbranched alkanes of at least 4 members (excludes halogenated alkanes) is 7. The Hall–Kier alpha value is -0.320. The molecule has 2 aliphatic rings. The molecule has 2 fully saturated rings. The van der Waals surface area contributed by atoms with Crippen molar-refractivity contribution in [2.45, 2.75) is 64.5 Å². The number of quaternary nitrogens is 4. The molecule has 2 aromatic rings. The third-order valence-electron chi connectivity index (χ3n) is 9.11. The predicted molar refractivity (Wildman–Crippen MR) is 150 cm³/mol. The van der Waals surface area contributed by atoms with Gasteiger partial charge in [-0.2, -0.15) is 0 Å². The summed E-state index contributed by atoms with van der Waals surface area (Å²) in [6.45, 7) is 14.4. The summed E-state index contributed by atoms with van der Waals surface area (Å²) in [4.78, 5) is 0. The van der Waals surface area contributed by atoms with Crippen LogP contribution in [0.3, 0.4) is 0 Å². The maximum atomic E-state index is 13.4. The van der Waals surface area contributed by atoms with E-state index in [0.29, 0.717) is 0 Å². The monoisotopic (exact) mass is 758 g/mol. The van der Waals surface area contributed by atoms with Gasteiger partial charge in [0.05, 0.1) is 13.1 Å². The lowest BCUT2D eigenvalue weighted by atomic mass is 10.1. The number of rotatable bonds is 15. The number of nitrogens with zero attached hydrogens (tertiary/aromatic N) is 2. The van der Waals surface area contributed by atoms with Gasteiger partial charge in [-0.1, -0.05) is 49.9 Å². The van der Waals surface area contributed by atoms with Crippen LogP contribution in [0.5, 0.6) is 0 Å². The molecule has 0 amide bonds. The van der Waals surface area contributed by atoms with E-state index in [1.165, 1.54) is 137 Å². The highest BCUT2D eigenvalue weighted by Gasteiger charge is 2.32. The maximum absolute atomic E-state index is 13.4. The van der Waals surface area contributed by atoms with Crippen molar-refractivity contribution in [1.29, 1.82) is 0 Å². The van der Waals surface area contributed by atoms with Crippen LogP contribution in [-0.2, 0) is 13.1 Å². The highest BCUT2D eigenvalue weighted by molar-refractivity contribution is 5.15. The first-order valence-electron chi connectivity index (χ1n) is 15.4. The van der Waals surface area contributed by atoms with Crippen LogP contribution in [0.15, 0.2) is 48.5 Å². The van der Waals surface area contributed by atoms with Gasteiger partial charge in [0.2, 0.25) is 0 Å². The van der Waals surface area contributed by atoms with E-state index in [0.717, 1.165) is 13.1 Å². The van der Waals surface area contributed by atoms with E-state index in [4.69, 9.17) is 0 Å². The molecule has 4 N–H and O–H groups in total. The number of hydrogen-bond donors (Lipinski definition) is 2. The van der Waals surface area contributed by atoms with Crippen molar-refractivity contribution in [2.24, 2.45) is 0 Å². The van der Waals surface area contributed by atoms with Crippen molar-refractivity contribution in [1.82, 2.24) is 0 Å². The predicted octanol–water partition coefficient (Wildman–Crippen LogP) is -8.41. The summed E-state index contributed by atoms with van der Waals surface area (Å²) in [5.74, 6) is -0.271. The Bertz CT molecular complexity index is 865. The molecule has 0 aromatic heterocycles. The minimum absolute atomic E-state index is 0. The molecule has 4 nitrogen and oxygen atoms in total. The summed E-state index contributed by atoms with van der Waals surface area (Å²) in [5.41, 5.74) is 2.55. The second kappa shape index (κ2) is 22.2. The van der Waals surface area contributed by atoms with Gasteiger partial charge < -0.3 is 78.4 Å². The molecule has 2 saturated heterocycles. The standard InChI is InChI=1S/C32H50F2N4.2BrH.2ClH/c33-31-13-9-29(10-14-31)27-37(23-17-35-18-24-37)21-7-5-3-1-2-4-6-8-22-38(25-19-36-20-26-38)28-30-11-15-32(34)16-12-30;;;;/h9-16,35-36H,1-8,17-28H2;4*1H/q+2;;;;/p-2. The molecule has 0 radical (unpaired) electrons.